The summed E-state index contributed by atoms with van der Waals surface area (Å²) in [6, 6.07) is 10.3. The number of hydrogen-bond acceptors (Lipinski definition) is 2. The Morgan fingerprint density at radius 3 is 2.33 bits per heavy atom. The first kappa shape index (κ1) is 15.5. The quantitative estimate of drug-likeness (QED) is 0.617. The summed E-state index contributed by atoms with van der Waals surface area (Å²) in [6.07, 6.45) is 5.94. The number of benzene rings is 1. The predicted molar refractivity (Wildman–Crippen MR) is 88.4 cm³/mol. The third kappa shape index (κ3) is 3.18. The summed E-state index contributed by atoms with van der Waals surface area (Å²) in [7, 11) is 0. The van der Waals surface area contributed by atoms with Gasteiger partial charge in [0, 0.05) is 5.41 Å². The third-order valence-electron chi connectivity index (χ3n) is 4.53. The molecule has 1 aliphatic carbocycles. The number of nitrogens with zero attached hydrogens (tertiary/aromatic N) is 1. The fraction of sp³-hybridized carbons (Fsp3) is 0.562. The van der Waals surface area contributed by atoms with Gasteiger partial charge in [-0.3, -0.25) is 0 Å². The molecule has 114 valence electrons. The fourth-order valence-corrected chi connectivity index (χ4v) is 3.78. The monoisotopic (exact) mass is 345 g/mol. The van der Waals surface area contributed by atoms with E-state index in [2.05, 4.69) is 12.1 Å². The molecular weight excluding hydrogens is 329 g/mol. The first-order valence-corrected chi connectivity index (χ1v) is 8.47. The molecule has 0 radical (unpaired) electrons. The summed E-state index contributed by atoms with van der Waals surface area (Å²) in [4.78, 5) is 4.70. The molecule has 0 aromatic heterocycles. The van der Waals surface area contributed by atoms with E-state index in [1.807, 2.05) is 18.2 Å². The first-order chi connectivity index (χ1) is 10.0. The molecule has 1 unspecified atom stereocenters. The van der Waals surface area contributed by atoms with Crippen molar-refractivity contribution in [3.05, 3.63) is 35.9 Å². The van der Waals surface area contributed by atoms with Crippen molar-refractivity contribution in [2.45, 2.75) is 41.9 Å². The van der Waals surface area contributed by atoms with Gasteiger partial charge in [-0.1, -0.05) is 84.4 Å². The zero-order chi connectivity index (χ0) is 14.9. The average molecular weight is 347 g/mol. The SMILES string of the molecule is ClC(Cl)(Cl)C1=NC(c2ccccc2)C2(CCCCC2)CO1. The summed E-state index contributed by atoms with van der Waals surface area (Å²) in [5, 5.41) is 0. The van der Waals surface area contributed by atoms with Gasteiger partial charge in [-0.15, -0.1) is 0 Å². The highest BCUT2D eigenvalue weighted by Crippen LogP contribution is 2.51. The van der Waals surface area contributed by atoms with Gasteiger partial charge < -0.3 is 4.74 Å². The molecule has 1 heterocycles. The number of rotatable bonds is 1. The molecule has 21 heavy (non-hydrogen) atoms. The molecule has 1 saturated carbocycles. The van der Waals surface area contributed by atoms with E-state index in [0.717, 1.165) is 12.8 Å². The minimum absolute atomic E-state index is 0.0124. The predicted octanol–water partition coefficient (Wildman–Crippen LogP) is 5.48. The second-order valence-corrected chi connectivity index (χ2v) is 8.24. The molecule has 1 aliphatic heterocycles. The van der Waals surface area contributed by atoms with Crippen molar-refractivity contribution in [2.24, 2.45) is 10.4 Å². The highest BCUT2D eigenvalue weighted by molar-refractivity contribution is 6.76. The van der Waals surface area contributed by atoms with E-state index in [0.29, 0.717) is 6.61 Å². The second kappa shape index (κ2) is 5.98. The van der Waals surface area contributed by atoms with Crippen molar-refractivity contribution in [3.63, 3.8) is 0 Å². The molecule has 3 rings (SSSR count). The third-order valence-corrected chi connectivity index (χ3v) is 5.01. The maximum Gasteiger partial charge on any atom is 0.266 e. The number of hydrogen-bond donors (Lipinski definition) is 0. The zero-order valence-electron chi connectivity index (χ0n) is 11.7. The number of ether oxygens (including phenoxy) is 1. The lowest BCUT2D eigenvalue weighted by Gasteiger charge is -2.45. The van der Waals surface area contributed by atoms with E-state index in [-0.39, 0.29) is 17.4 Å². The van der Waals surface area contributed by atoms with Gasteiger partial charge in [-0.25, -0.2) is 4.99 Å². The molecule has 0 N–H and O–H groups in total. The summed E-state index contributed by atoms with van der Waals surface area (Å²) in [5.41, 5.74) is 1.22. The molecule has 5 heteroatoms. The van der Waals surface area contributed by atoms with Gasteiger partial charge in [0.05, 0.1) is 12.6 Å². The van der Waals surface area contributed by atoms with Crippen LogP contribution in [0.3, 0.4) is 0 Å². The van der Waals surface area contributed by atoms with E-state index in [1.54, 1.807) is 0 Å². The lowest BCUT2D eigenvalue weighted by atomic mass is 9.67. The van der Waals surface area contributed by atoms with Crippen LogP contribution in [0.4, 0.5) is 0 Å². The molecule has 0 amide bonds. The van der Waals surface area contributed by atoms with E-state index in [1.165, 1.54) is 24.8 Å². The number of halogens is 3. The van der Waals surface area contributed by atoms with Crippen molar-refractivity contribution in [2.75, 3.05) is 6.61 Å². The molecule has 1 atom stereocenters. The first-order valence-electron chi connectivity index (χ1n) is 7.34. The molecule has 2 nitrogen and oxygen atoms in total. The molecule has 2 aliphatic rings. The summed E-state index contributed by atoms with van der Waals surface area (Å²) in [5.74, 6) is 0.220. The van der Waals surface area contributed by atoms with Crippen molar-refractivity contribution in [1.82, 2.24) is 0 Å². The summed E-state index contributed by atoms with van der Waals surface area (Å²) >= 11 is 17.9. The van der Waals surface area contributed by atoms with Crippen molar-refractivity contribution >= 4 is 40.7 Å². The zero-order valence-corrected chi connectivity index (χ0v) is 14.0. The largest absolute Gasteiger partial charge is 0.477 e. The lowest BCUT2D eigenvalue weighted by Crippen LogP contribution is -2.42. The molecule has 1 aromatic carbocycles. The Kier molecular flexibility index (Phi) is 4.40. The molecule has 1 aromatic rings. The van der Waals surface area contributed by atoms with Gasteiger partial charge in [0.1, 0.15) is 0 Å². The van der Waals surface area contributed by atoms with Gasteiger partial charge >= 0.3 is 0 Å². The Hall–Kier alpha value is -0.440. The average Bonchev–Trinajstić information content (AvgIpc) is 2.48. The molecule has 0 saturated heterocycles. The van der Waals surface area contributed by atoms with Gasteiger partial charge in [0.2, 0.25) is 5.90 Å². The molecule has 1 fully saturated rings. The van der Waals surface area contributed by atoms with Crippen molar-refractivity contribution < 1.29 is 4.74 Å². The standard InChI is InChI=1S/C16H18Cl3NO/c17-16(18,19)14-20-13(12-7-3-1-4-8-12)15(11-21-14)9-5-2-6-10-15/h1,3-4,7-8,13H,2,5-6,9-11H2. The fourth-order valence-electron chi connectivity index (χ4n) is 3.47. The molecule has 0 bridgehead atoms. The Bertz CT molecular complexity index is 518. The number of alkyl halides is 3. The Labute approximate surface area is 140 Å². The van der Waals surface area contributed by atoms with E-state index < -0.39 is 3.79 Å². The van der Waals surface area contributed by atoms with Crippen LogP contribution in [0.5, 0.6) is 0 Å². The van der Waals surface area contributed by atoms with Crippen molar-refractivity contribution in [1.29, 1.82) is 0 Å². The minimum atomic E-state index is -1.59. The Morgan fingerprint density at radius 1 is 1.05 bits per heavy atom. The topological polar surface area (TPSA) is 21.6 Å². The normalized spacial score (nSPS) is 25.3. The maximum absolute atomic E-state index is 5.97. The minimum Gasteiger partial charge on any atom is -0.477 e. The van der Waals surface area contributed by atoms with Crippen LogP contribution in [0.1, 0.15) is 43.7 Å². The van der Waals surface area contributed by atoms with Crippen LogP contribution in [0.2, 0.25) is 0 Å². The van der Waals surface area contributed by atoms with Crippen LogP contribution in [-0.4, -0.2) is 16.3 Å². The smallest absolute Gasteiger partial charge is 0.266 e. The van der Waals surface area contributed by atoms with Crippen LogP contribution >= 0.6 is 34.8 Å². The van der Waals surface area contributed by atoms with Gasteiger partial charge in [0.15, 0.2) is 0 Å². The lowest BCUT2D eigenvalue weighted by molar-refractivity contribution is 0.0432. The second-order valence-electron chi connectivity index (χ2n) is 5.96. The summed E-state index contributed by atoms with van der Waals surface area (Å²) in [6.45, 7) is 0.583. The molecule has 1 spiro atoms. The van der Waals surface area contributed by atoms with Gasteiger partial charge in [-0.2, -0.15) is 0 Å². The van der Waals surface area contributed by atoms with E-state index >= 15 is 0 Å². The maximum atomic E-state index is 5.97. The Balaban J connectivity index is 2.01. The number of aliphatic imine (C=N–C) groups is 1. The van der Waals surface area contributed by atoms with E-state index in [9.17, 15) is 0 Å². The van der Waals surface area contributed by atoms with E-state index in [4.69, 9.17) is 44.5 Å². The highest BCUT2D eigenvalue weighted by atomic mass is 35.6. The van der Waals surface area contributed by atoms with Gasteiger partial charge in [0.25, 0.3) is 3.79 Å². The van der Waals surface area contributed by atoms with Crippen LogP contribution in [0, 0.1) is 5.41 Å². The van der Waals surface area contributed by atoms with Crippen LogP contribution in [0.25, 0.3) is 0 Å². The van der Waals surface area contributed by atoms with Crippen molar-refractivity contribution in [3.8, 4) is 0 Å². The molecular formula is C16H18Cl3NO. The van der Waals surface area contributed by atoms with Crippen LogP contribution in [0.15, 0.2) is 35.3 Å². The highest BCUT2D eigenvalue weighted by Gasteiger charge is 2.47. The van der Waals surface area contributed by atoms with Crippen LogP contribution < -0.4 is 0 Å². The summed E-state index contributed by atoms with van der Waals surface area (Å²) < 4.78 is 4.15. The Morgan fingerprint density at radius 2 is 1.71 bits per heavy atom. The van der Waals surface area contributed by atoms with Gasteiger partial charge in [-0.05, 0) is 18.4 Å². The van der Waals surface area contributed by atoms with Crippen LogP contribution in [-0.2, 0) is 4.74 Å².